The van der Waals surface area contributed by atoms with Crippen LogP contribution >= 0.6 is 0 Å². The van der Waals surface area contributed by atoms with E-state index in [1.807, 2.05) is 0 Å². The molecule has 5 heteroatoms. The van der Waals surface area contributed by atoms with Crippen molar-refractivity contribution in [3.63, 3.8) is 0 Å². The Labute approximate surface area is 72.1 Å². The van der Waals surface area contributed by atoms with Gasteiger partial charge in [-0.05, 0) is 19.3 Å². The van der Waals surface area contributed by atoms with Gasteiger partial charge in [0.25, 0.3) is 0 Å². The van der Waals surface area contributed by atoms with Gasteiger partial charge in [-0.2, -0.15) is 0 Å². The van der Waals surface area contributed by atoms with Crippen molar-refractivity contribution in [1.82, 2.24) is 5.32 Å². The molecule has 0 heterocycles. The van der Waals surface area contributed by atoms with E-state index in [1.165, 1.54) is 0 Å². The van der Waals surface area contributed by atoms with Gasteiger partial charge >= 0.3 is 6.03 Å². The van der Waals surface area contributed by atoms with E-state index in [0.29, 0.717) is 19.5 Å². The number of aliphatic hydroxyl groups is 1. The summed E-state index contributed by atoms with van der Waals surface area (Å²) < 4.78 is 0. The fraction of sp³-hybridized carbons (Fsp3) is 0.857. The molecule has 2 amide bonds. The van der Waals surface area contributed by atoms with Gasteiger partial charge in [-0.1, -0.05) is 0 Å². The summed E-state index contributed by atoms with van der Waals surface area (Å²) in [5, 5.41) is 11.5. The van der Waals surface area contributed by atoms with Gasteiger partial charge in [0.05, 0.1) is 6.10 Å². The Kier molecular flexibility index (Phi) is 6.41. The monoisotopic (exact) mass is 175 g/mol. The summed E-state index contributed by atoms with van der Waals surface area (Å²) in [6.07, 6.45) is 1.92. The highest BCUT2D eigenvalue weighted by Gasteiger charge is 1.99. The molecule has 0 aliphatic carbocycles. The van der Waals surface area contributed by atoms with E-state index in [2.05, 4.69) is 5.32 Å². The van der Waals surface area contributed by atoms with Crippen molar-refractivity contribution in [3.05, 3.63) is 0 Å². The average molecular weight is 175 g/mol. The van der Waals surface area contributed by atoms with Crippen molar-refractivity contribution >= 4 is 6.03 Å². The van der Waals surface area contributed by atoms with E-state index in [0.717, 1.165) is 12.8 Å². The predicted octanol–water partition coefficient (Wildman–Crippen LogP) is -0.855. The lowest BCUT2D eigenvalue weighted by Gasteiger charge is -2.06. The Morgan fingerprint density at radius 2 is 2.17 bits per heavy atom. The molecule has 1 atom stereocenters. The molecular weight excluding hydrogens is 158 g/mol. The van der Waals surface area contributed by atoms with E-state index in [4.69, 9.17) is 16.6 Å². The first-order chi connectivity index (χ1) is 5.66. The van der Waals surface area contributed by atoms with Crippen molar-refractivity contribution in [2.45, 2.75) is 25.4 Å². The zero-order chi connectivity index (χ0) is 9.40. The Bertz CT molecular complexity index is 130. The highest BCUT2D eigenvalue weighted by Crippen LogP contribution is 1.98. The second-order valence-corrected chi connectivity index (χ2v) is 2.68. The third-order valence-electron chi connectivity index (χ3n) is 1.54. The smallest absolute Gasteiger partial charge is 0.312 e. The van der Waals surface area contributed by atoms with E-state index >= 15 is 0 Å². The lowest BCUT2D eigenvalue weighted by Crippen LogP contribution is -2.30. The number of rotatable bonds is 6. The molecule has 72 valence electrons. The predicted molar refractivity (Wildman–Crippen MR) is 46.5 cm³/mol. The van der Waals surface area contributed by atoms with Crippen LogP contribution in [0.2, 0.25) is 0 Å². The SMILES string of the molecule is NCC(O)CCCCNC(N)=O. The maximum Gasteiger partial charge on any atom is 0.312 e. The van der Waals surface area contributed by atoms with Gasteiger partial charge in [0.15, 0.2) is 0 Å². The first-order valence-corrected chi connectivity index (χ1v) is 4.08. The van der Waals surface area contributed by atoms with Gasteiger partial charge in [-0.25, -0.2) is 4.79 Å². The maximum absolute atomic E-state index is 10.2. The molecule has 0 saturated heterocycles. The van der Waals surface area contributed by atoms with Crippen molar-refractivity contribution in [2.75, 3.05) is 13.1 Å². The molecule has 1 unspecified atom stereocenters. The molecule has 0 aliphatic rings. The zero-order valence-electron chi connectivity index (χ0n) is 7.12. The highest BCUT2D eigenvalue weighted by molar-refractivity contribution is 5.71. The molecule has 0 radical (unpaired) electrons. The number of unbranched alkanes of at least 4 members (excludes halogenated alkanes) is 1. The number of amides is 2. The molecule has 0 rings (SSSR count). The Balaban J connectivity index is 3.05. The minimum Gasteiger partial charge on any atom is -0.392 e. The first kappa shape index (κ1) is 11.2. The molecule has 0 bridgehead atoms. The lowest BCUT2D eigenvalue weighted by atomic mass is 10.1. The van der Waals surface area contributed by atoms with Gasteiger partial charge in [-0.15, -0.1) is 0 Å². The van der Waals surface area contributed by atoms with Crippen LogP contribution in [0.15, 0.2) is 0 Å². The third kappa shape index (κ3) is 7.30. The number of nitrogens with two attached hydrogens (primary N) is 2. The Hall–Kier alpha value is -0.810. The Morgan fingerprint density at radius 3 is 2.67 bits per heavy atom. The molecule has 0 aromatic heterocycles. The fourth-order valence-electron chi connectivity index (χ4n) is 0.834. The van der Waals surface area contributed by atoms with Gasteiger partial charge in [-0.3, -0.25) is 0 Å². The quantitative estimate of drug-likeness (QED) is 0.395. The van der Waals surface area contributed by atoms with Crippen molar-refractivity contribution in [3.8, 4) is 0 Å². The molecule has 0 aromatic rings. The largest absolute Gasteiger partial charge is 0.392 e. The summed E-state index contributed by atoms with van der Waals surface area (Å²) >= 11 is 0. The number of carbonyl (C=O) groups is 1. The molecule has 12 heavy (non-hydrogen) atoms. The van der Waals surface area contributed by atoms with Gasteiger partial charge in [0, 0.05) is 13.1 Å². The van der Waals surface area contributed by atoms with Crippen LogP contribution in [0.25, 0.3) is 0 Å². The van der Waals surface area contributed by atoms with E-state index in [9.17, 15) is 4.79 Å². The highest BCUT2D eigenvalue weighted by atomic mass is 16.3. The number of urea groups is 1. The number of aliphatic hydroxyl groups excluding tert-OH is 1. The standard InChI is InChI=1S/C7H17N3O2/c8-5-6(11)3-1-2-4-10-7(9)12/h6,11H,1-5,8H2,(H3,9,10,12). The van der Waals surface area contributed by atoms with Crippen molar-refractivity contribution in [1.29, 1.82) is 0 Å². The van der Waals surface area contributed by atoms with Crippen LogP contribution in [-0.2, 0) is 0 Å². The second-order valence-electron chi connectivity index (χ2n) is 2.68. The summed E-state index contributed by atoms with van der Waals surface area (Å²) in [6, 6.07) is -0.505. The molecule has 0 aliphatic heterocycles. The molecule has 0 spiro atoms. The fourth-order valence-corrected chi connectivity index (χ4v) is 0.834. The number of hydrogen-bond acceptors (Lipinski definition) is 3. The molecule has 0 saturated carbocycles. The van der Waals surface area contributed by atoms with Crippen molar-refractivity contribution < 1.29 is 9.90 Å². The van der Waals surface area contributed by atoms with Crippen LogP contribution in [0.1, 0.15) is 19.3 Å². The average Bonchev–Trinajstić information content (AvgIpc) is 2.03. The Morgan fingerprint density at radius 1 is 1.50 bits per heavy atom. The van der Waals surface area contributed by atoms with Crippen LogP contribution in [0.4, 0.5) is 4.79 Å². The lowest BCUT2D eigenvalue weighted by molar-refractivity contribution is 0.169. The topological polar surface area (TPSA) is 101 Å². The zero-order valence-corrected chi connectivity index (χ0v) is 7.12. The van der Waals surface area contributed by atoms with Gasteiger partial charge in [0.1, 0.15) is 0 Å². The number of nitrogens with one attached hydrogen (secondary N) is 1. The summed E-state index contributed by atoms with van der Waals surface area (Å²) in [7, 11) is 0. The van der Waals surface area contributed by atoms with Crippen LogP contribution in [0.3, 0.4) is 0 Å². The maximum atomic E-state index is 10.2. The van der Waals surface area contributed by atoms with Crippen LogP contribution in [0.5, 0.6) is 0 Å². The van der Waals surface area contributed by atoms with Crippen LogP contribution in [0, 0.1) is 0 Å². The molecule has 5 nitrogen and oxygen atoms in total. The number of hydrogen-bond donors (Lipinski definition) is 4. The third-order valence-corrected chi connectivity index (χ3v) is 1.54. The van der Waals surface area contributed by atoms with Gasteiger partial charge < -0.3 is 21.9 Å². The second kappa shape index (κ2) is 6.87. The van der Waals surface area contributed by atoms with E-state index in [1.54, 1.807) is 0 Å². The van der Waals surface area contributed by atoms with E-state index in [-0.39, 0.29) is 0 Å². The van der Waals surface area contributed by atoms with E-state index < -0.39 is 12.1 Å². The van der Waals surface area contributed by atoms with Crippen LogP contribution in [-0.4, -0.2) is 30.3 Å². The number of primary amides is 1. The minimum absolute atomic E-state index is 0.295. The normalized spacial score (nSPS) is 12.5. The summed E-state index contributed by atoms with van der Waals surface area (Å²) in [6.45, 7) is 0.857. The number of carbonyl (C=O) groups excluding carboxylic acids is 1. The molecule has 6 N–H and O–H groups in total. The molecule has 0 aromatic carbocycles. The summed E-state index contributed by atoms with van der Waals surface area (Å²) in [4.78, 5) is 10.2. The summed E-state index contributed by atoms with van der Waals surface area (Å²) in [5.41, 5.74) is 10.0. The van der Waals surface area contributed by atoms with Crippen LogP contribution < -0.4 is 16.8 Å². The van der Waals surface area contributed by atoms with Crippen molar-refractivity contribution in [2.24, 2.45) is 11.5 Å². The molecule has 0 fully saturated rings. The van der Waals surface area contributed by atoms with Gasteiger partial charge in [0.2, 0.25) is 0 Å². The molecular formula is C7H17N3O2. The first-order valence-electron chi connectivity index (χ1n) is 4.08. The minimum atomic E-state index is -0.505. The summed E-state index contributed by atoms with van der Waals surface area (Å²) in [5.74, 6) is 0.